The van der Waals surface area contributed by atoms with E-state index in [2.05, 4.69) is 15.5 Å². The van der Waals surface area contributed by atoms with E-state index in [1.807, 2.05) is 55.5 Å². The molecular weight excluding hydrogens is 302 g/mol. The number of aromatic nitrogens is 2. The third-order valence-corrected chi connectivity index (χ3v) is 3.88. The van der Waals surface area contributed by atoms with Crippen LogP contribution in [0.25, 0.3) is 22.2 Å². The molecule has 5 heteroatoms. The van der Waals surface area contributed by atoms with E-state index in [1.165, 1.54) is 0 Å². The highest BCUT2D eigenvalue weighted by atomic mass is 16.3. The highest BCUT2D eigenvalue weighted by molar-refractivity contribution is 6.08. The third kappa shape index (κ3) is 2.56. The van der Waals surface area contributed by atoms with E-state index < -0.39 is 0 Å². The first-order valence-electron chi connectivity index (χ1n) is 7.61. The molecule has 0 saturated carbocycles. The molecule has 0 unspecified atom stereocenters. The number of aromatic amines is 1. The number of nitrogens with zero attached hydrogens (tertiary/aromatic N) is 1. The maximum Gasteiger partial charge on any atom is 0.256 e. The van der Waals surface area contributed by atoms with Gasteiger partial charge in [0.05, 0.1) is 11.8 Å². The molecule has 0 spiro atoms. The lowest BCUT2D eigenvalue weighted by Crippen LogP contribution is -2.12. The second kappa shape index (κ2) is 5.70. The molecule has 1 amide bonds. The zero-order valence-corrected chi connectivity index (χ0v) is 13.0. The number of rotatable bonds is 3. The van der Waals surface area contributed by atoms with Crippen LogP contribution >= 0.6 is 0 Å². The van der Waals surface area contributed by atoms with Crippen molar-refractivity contribution in [3.63, 3.8) is 0 Å². The molecular formula is C19H15N3O2. The van der Waals surface area contributed by atoms with Gasteiger partial charge in [0.25, 0.3) is 5.91 Å². The van der Waals surface area contributed by atoms with Gasteiger partial charge in [-0.3, -0.25) is 9.89 Å². The molecule has 0 fully saturated rings. The van der Waals surface area contributed by atoms with E-state index in [4.69, 9.17) is 4.42 Å². The summed E-state index contributed by atoms with van der Waals surface area (Å²) in [5, 5.41) is 10.9. The molecule has 0 aliphatic heterocycles. The van der Waals surface area contributed by atoms with Crippen LogP contribution in [0, 0.1) is 6.92 Å². The van der Waals surface area contributed by atoms with E-state index in [0.717, 1.165) is 27.8 Å². The number of carbonyl (C=O) groups is 1. The van der Waals surface area contributed by atoms with Crippen LogP contribution in [0.5, 0.6) is 0 Å². The number of H-pyrrole nitrogens is 1. The van der Waals surface area contributed by atoms with Crippen molar-refractivity contribution in [3.05, 3.63) is 72.0 Å². The lowest BCUT2D eigenvalue weighted by Gasteiger charge is -2.04. The fraction of sp³-hybridized carbons (Fsp3) is 0.0526. The van der Waals surface area contributed by atoms with E-state index in [-0.39, 0.29) is 5.91 Å². The maximum absolute atomic E-state index is 12.4. The molecule has 24 heavy (non-hydrogen) atoms. The fourth-order valence-electron chi connectivity index (χ4n) is 2.67. The Balaban J connectivity index is 1.69. The van der Waals surface area contributed by atoms with E-state index in [1.54, 1.807) is 12.3 Å². The van der Waals surface area contributed by atoms with Gasteiger partial charge in [0.15, 0.2) is 5.82 Å². The minimum atomic E-state index is -0.185. The number of hydrogen-bond donors (Lipinski definition) is 2. The highest BCUT2D eigenvalue weighted by Gasteiger charge is 2.12. The van der Waals surface area contributed by atoms with E-state index in [0.29, 0.717) is 11.4 Å². The largest absolute Gasteiger partial charge is 0.464 e. The van der Waals surface area contributed by atoms with Crippen LogP contribution in [0.2, 0.25) is 0 Å². The van der Waals surface area contributed by atoms with Gasteiger partial charge in [-0.25, -0.2) is 0 Å². The average Bonchev–Trinajstić information content (AvgIpc) is 3.25. The minimum Gasteiger partial charge on any atom is -0.464 e. The summed E-state index contributed by atoms with van der Waals surface area (Å²) in [6.07, 6.45) is 1.63. The summed E-state index contributed by atoms with van der Waals surface area (Å²) in [4.78, 5) is 12.4. The molecule has 2 aromatic carbocycles. The average molecular weight is 317 g/mol. The van der Waals surface area contributed by atoms with Crippen molar-refractivity contribution >= 4 is 22.6 Å². The molecule has 2 N–H and O–H groups in total. The van der Waals surface area contributed by atoms with Crippen LogP contribution in [0.4, 0.5) is 5.82 Å². The number of nitrogens with one attached hydrogen (secondary N) is 2. The highest BCUT2D eigenvalue weighted by Crippen LogP contribution is 2.28. The number of aryl methyl sites for hydroxylation is 1. The fourth-order valence-corrected chi connectivity index (χ4v) is 2.67. The number of furan rings is 1. The molecule has 0 atom stereocenters. The normalized spacial score (nSPS) is 10.9. The van der Waals surface area contributed by atoms with Gasteiger partial charge in [-0.1, -0.05) is 17.7 Å². The quantitative estimate of drug-likeness (QED) is 0.589. The third-order valence-electron chi connectivity index (χ3n) is 3.88. The molecule has 0 saturated heterocycles. The Morgan fingerprint density at radius 2 is 2.04 bits per heavy atom. The van der Waals surface area contributed by atoms with Gasteiger partial charge >= 0.3 is 0 Å². The van der Waals surface area contributed by atoms with Gasteiger partial charge in [-0.15, -0.1) is 0 Å². The molecule has 118 valence electrons. The Kier molecular flexibility index (Phi) is 3.39. The van der Waals surface area contributed by atoms with Crippen molar-refractivity contribution in [2.75, 3.05) is 5.32 Å². The SMILES string of the molecule is Cc1cccc(C(=O)Nc2n[nH]c3ccc(-c4ccco4)cc23)c1. The second-order valence-corrected chi connectivity index (χ2v) is 5.63. The van der Waals surface area contributed by atoms with Crippen LogP contribution in [-0.4, -0.2) is 16.1 Å². The van der Waals surface area contributed by atoms with Crippen molar-refractivity contribution in [2.24, 2.45) is 0 Å². The lowest BCUT2D eigenvalue weighted by molar-refractivity contribution is 0.102. The van der Waals surface area contributed by atoms with Gasteiger partial charge in [0.2, 0.25) is 0 Å². The van der Waals surface area contributed by atoms with Crippen LogP contribution < -0.4 is 5.32 Å². The number of anilines is 1. The van der Waals surface area contributed by atoms with Crippen molar-refractivity contribution in [1.82, 2.24) is 10.2 Å². The Hall–Kier alpha value is -3.34. The molecule has 4 aromatic rings. The zero-order chi connectivity index (χ0) is 16.5. The number of carbonyl (C=O) groups excluding carboxylic acids is 1. The summed E-state index contributed by atoms with van der Waals surface area (Å²) >= 11 is 0. The predicted octanol–water partition coefficient (Wildman–Crippen LogP) is 4.38. The first-order valence-corrected chi connectivity index (χ1v) is 7.61. The van der Waals surface area contributed by atoms with E-state index >= 15 is 0 Å². The summed E-state index contributed by atoms with van der Waals surface area (Å²) < 4.78 is 5.43. The summed E-state index contributed by atoms with van der Waals surface area (Å²) in [5.74, 6) is 1.09. The summed E-state index contributed by atoms with van der Waals surface area (Å²) in [6.45, 7) is 1.95. The topological polar surface area (TPSA) is 70.9 Å². The van der Waals surface area contributed by atoms with Crippen LogP contribution in [0.15, 0.2) is 65.3 Å². The Labute approximate surface area is 138 Å². The van der Waals surface area contributed by atoms with Crippen molar-refractivity contribution < 1.29 is 9.21 Å². The Morgan fingerprint density at radius 1 is 1.12 bits per heavy atom. The number of hydrogen-bond acceptors (Lipinski definition) is 3. The van der Waals surface area contributed by atoms with Crippen molar-refractivity contribution in [1.29, 1.82) is 0 Å². The zero-order valence-electron chi connectivity index (χ0n) is 13.0. The number of amides is 1. The maximum atomic E-state index is 12.4. The summed E-state index contributed by atoms with van der Waals surface area (Å²) in [6, 6.07) is 17.0. The summed E-state index contributed by atoms with van der Waals surface area (Å²) in [7, 11) is 0. The van der Waals surface area contributed by atoms with Gasteiger partial charge in [0, 0.05) is 16.5 Å². The molecule has 5 nitrogen and oxygen atoms in total. The van der Waals surface area contributed by atoms with Crippen LogP contribution in [-0.2, 0) is 0 Å². The molecule has 0 aliphatic carbocycles. The molecule has 2 heterocycles. The molecule has 2 aromatic heterocycles. The second-order valence-electron chi connectivity index (χ2n) is 5.63. The monoisotopic (exact) mass is 317 g/mol. The standard InChI is InChI=1S/C19H15N3O2/c1-12-4-2-5-14(10-12)19(23)20-18-15-11-13(17-6-3-9-24-17)7-8-16(15)21-22-18/h2-11H,1H3,(H2,20,21,22,23). The van der Waals surface area contributed by atoms with Crippen LogP contribution in [0.1, 0.15) is 15.9 Å². The Morgan fingerprint density at radius 3 is 2.83 bits per heavy atom. The molecule has 0 bridgehead atoms. The van der Waals surface area contributed by atoms with Crippen molar-refractivity contribution in [3.8, 4) is 11.3 Å². The number of fused-ring (bicyclic) bond motifs is 1. The molecule has 0 radical (unpaired) electrons. The summed E-state index contributed by atoms with van der Waals surface area (Å²) in [5.41, 5.74) is 3.42. The molecule has 4 rings (SSSR count). The van der Waals surface area contributed by atoms with Gasteiger partial charge < -0.3 is 9.73 Å². The van der Waals surface area contributed by atoms with Crippen molar-refractivity contribution in [2.45, 2.75) is 6.92 Å². The molecule has 0 aliphatic rings. The van der Waals surface area contributed by atoms with Gasteiger partial charge in [-0.2, -0.15) is 5.10 Å². The number of benzene rings is 2. The van der Waals surface area contributed by atoms with Gasteiger partial charge in [-0.05, 0) is 49.4 Å². The smallest absolute Gasteiger partial charge is 0.256 e. The Bertz CT molecular complexity index is 1020. The minimum absolute atomic E-state index is 0.185. The predicted molar refractivity (Wildman–Crippen MR) is 92.9 cm³/mol. The lowest BCUT2D eigenvalue weighted by atomic mass is 10.1. The van der Waals surface area contributed by atoms with Crippen LogP contribution in [0.3, 0.4) is 0 Å². The first kappa shape index (κ1) is 14.3. The van der Waals surface area contributed by atoms with E-state index in [9.17, 15) is 4.79 Å². The van der Waals surface area contributed by atoms with Gasteiger partial charge in [0.1, 0.15) is 5.76 Å². The first-order chi connectivity index (χ1) is 11.7.